The highest BCUT2D eigenvalue weighted by Gasteiger charge is 2.43. The summed E-state index contributed by atoms with van der Waals surface area (Å²) < 4.78 is 0. The van der Waals surface area contributed by atoms with E-state index in [1.54, 1.807) is 0 Å². The van der Waals surface area contributed by atoms with Gasteiger partial charge in [0.05, 0.1) is 6.61 Å². The van der Waals surface area contributed by atoms with E-state index in [4.69, 9.17) is 5.11 Å². The Kier molecular flexibility index (Phi) is 16.2. The van der Waals surface area contributed by atoms with Gasteiger partial charge in [0.15, 0.2) is 23.3 Å². The van der Waals surface area contributed by atoms with Gasteiger partial charge in [0.25, 0.3) is 0 Å². The van der Waals surface area contributed by atoms with Gasteiger partial charge in [-0.2, -0.15) is 0 Å². The Hall–Kier alpha value is -1.04. The standard InChI is InChI=1S/C23H42O5/c1-3-4-5-6-7-8-9-10-11-12-13-14-15-16-17-18-21(26)22(27)23(28,19-24)20(2)25/h10-11,22,24,27-28H,3-9,12-19H2,1-2H3/b11-10-/t22?,23-/m1/s1. The second-order valence-corrected chi connectivity index (χ2v) is 7.84. The number of aliphatic hydroxyl groups is 3. The van der Waals surface area contributed by atoms with E-state index in [0.717, 1.165) is 39.0 Å². The molecule has 164 valence electrons. The van der Waals surface area contributed by atoms with Crippen molar-refractivity contribution in [2.24, 2.45) is 0 Å². The zero-order valence-corrected chi connectivity index (χ0v) is 18.0. The van der Waals surface area contributed by atoms with Crippen LogP contribution in [0.5, 0.6) is 0 Å². The minimum absolute atomic E-state index is 0.106. The first kappa shape index (κ1) is 27.0. The van der Waals surface area contributed by atoms with Crippen LogP contribution in [0.15, 0.2) is 12.2 Å². The molecule has 5 nitrogen and oxygen atoms in total. The molecule has 0 aromatic carbocycles. The number of hydrogen-bond acceptors (Lipinski definition) is 5. The number of rotatable bonds is 19. The van der Waals surface area contributed by atoms with Gasteiger partial charge in [0, 0.05) is 6.42 Å². The lowest BCUT2D eigenvalue weighted by Crippen LogP contribution is -2.55. The third-order valence-electron chi connectivity index (χ3n) is 5.29. The maximum Gasteiger partial charge on any atom is 0.178 e. The lowest BCUT2D eigenvalue weighted by molar-refractivity contribution is -0.164. The summed E-state index contributed by atoms with van der Waals surface area (Å²) in [6, 6.07) is 0. The fraction of sp³-hybridized carbons (Fsp3) is 0.826. The Morgan fingerprint density at radius 1 is 0.857 bits per heavy atom. The molecule has 3 N–H and O–H groups in total. The molecule has 0 aromatic rings. The molecule has 0 bridgehead atoms. The Balaban J connectivity index is 3.63. The van der Waals surface area contributed by atoms with Crippen molar-refractivity contribution in [2.75, 3.05) is 6.61 Å². The zero-order valence-electron chi connectivity index (χ0n) is 18.0. The number of Topliss-reactive ketones (excluding diaryl/α,β-unsaturated/α-hetero) is 2. The lowest BCUT2D eigenvalue weighted by Gasteiger charge is -2.27. The molecule has 0 heterocycles. The first-order valence-electron chi connectivity index (χ1n) is 11.1. The van der Waals surface area contributed by atoms with Crippen molar-refractivity contribution < 1.29 is 24.9 Å². The molecule has 0 spiro atoms. The normalized spacial score (nSPS) is 14.9. The predicted octanol–water partition coefficient (Wildman–Crippen LogP) is 4.27. The molecule has 5 heteroatoms. The molecule has 0 aliphatic rings. The fourth-order valence-electron chi connectivity index (χ4n) is 3.16. The number of carbonyl (C=O) groups excluding carboxylic acids is 2. The SMILES string of the molecule is CCCCCCCC/C=C\CCCCCCCC(=O)C(O)[C@@](O)(CO)C(C)=O. The highest BCUT2D eigenvalue weighted by Crippen LogP contribution is 2.16. The second-order valence-electron chi connectivity index (χ2n) is 7.84. The van der Waals surface area contributed by atoms with Crippen LogP contribution in [0, 0.1) is 0 Å². The van der Waals surface area contributed by atoms with Crippen molar-refractivity contribution in [3.8, 4) is 0 Å². The second kappa shape index (κ2) is 16.9. The van der Waals surface area contributed by atoms with Gasteiger partial charge in [-0.3, -0.25) is 9.59 Å². The molecule has 0 amide bonds. The zero-order chi connectivity index (χ0) is 21.3. The summed E-state index contributed by atoms with van der Waals surface area (Å²) in [6.45, 7) is 2.33. The van der Waals surface area contributed by atoms with Crippen LogP contribution in [0.4, 0.5) is 0 Å². The van der Waals surface area contributed by atoms with Gasteiger partial charge in [-0.25, -0.2) is 0 Å². The summed E-state index contributed by atoms with van der Waals surface area (Å²) in [5, 5.41) is 28.8. The number of allylic oxidation sites excluding steroid dienone is 2. The first-order valence-corrected chi connectivity index (χ1v) is 11.1. The van der Waals surface area contributed by atoms with Gasteiger partial charge in [-0.1, -0.05) is 70.4 Å². The fourth-order valence-corrected chi connectivity index (χ4v) is 3.16. The van der Waals surface area contributed by atoms with Gasteiger partial charge in [-0.15, -0.1) is 0 Å². The molecular weight excluding hydrogens is 356 g/mol. The highest BCUT2D eigenvalue weighted by molar-refractivity contribution is 5.95. The van der Waals surface area contributed by atoms with E-state index in [1.165, 1.54) is 44.9 Å². The Morgan fingerprint density at radius 2 is 1.32 bits per heavy atom. The average Bonchev–Trinajstić information content (AvgIpc) is 2.69. The van der Waals surface area contributed by atoms with Gasteiger partial charge in [-0.05, 0) is 39.0 Å². The van der Waals surface area contributed by atoms with Gasteiger partial charge >= 0.3 is 0 Å². The van der Waals surface area contributed by atoms with Crippen LogP contribution in [0.1, 0.15) is 104 Å². The Labute approximate surface area is 171 Å². The summed E-state index contributed by atoms with van der Waals surface area (Å²) in [6.07, 6.45) is 17.8. The van der Waals surface area contributed by atoms with Crippen LogP contribution in [-0.4, -0.2) is 45.2 Å². The van der Waals surface area contributed by atoms with Crippen LogP contribution in [-0.2, 0) is 9.59 Å². The molecule has 1 unspecified atom stereocenters. The molecule has 0 aliphatic carbocycles. The van der Waals surface area contributed by atoms with E-state index in [0.29, 0.717) is 6.42 Å². The van der Waals surface area contributed by atoms with Gasteiger partial charge < -0.3 is 15.3 Å². The third-order valence-corrected chi connectivity index (χ3v) is 5.29. The first-order chi connectivity index (χ1) is 13.4. The molecule has 0 aromatic heterocycles. The summed E-state index contributed by atoms with van der Waals surface area (Å²) in [5.41, 5.74) is -2.38. The van der Waals surface area contributed by atoms with E-state index < -0.39 is 29.9 Å². The molecule has 2 atom stereocenters. The molecule has 0 fully saturated rings. The van der Waals surface area contributed by atoms with E-state index in [9.17, 15) is 19.8 Å². The predicted molar refractivity (Wildman–Crippen MR) is 113 cm³/mol. The maximum absolute atomic E-state index is 11.9. The van der Waals surface area contributed by atoms with E-state index in [-0.39, 0.29) is 6.42 Å². The van der Waals surface area contributed by atoms with E-state index in [1.807, 2.05) is 0 Å². The number of hydrogen-bond donors (Lipinski definition) is 3. The van der Waals surface area contributed by atoms with Gasteiger partial charge in [0.1, 0.15) is 0 Å². The Bertz CT molecular complexity index is 446. The van der Waals surface area contributed by atoms with E-state index in [2.05, 4.69) is 19.1 Å². The van der Waals surface area contributed by atoms with Crippen molar-refractivity contribution in [1.82, 2.24) is 0 Å². The van der Waals surface area contributed by atoms with Crippen molar-refractivity contribution in [1.29, 1.82) is 0 Å². The Morgan fingerprint density at radius 3 is 1.79 bits per heavy atom. The minimum Gasteiger partial charge on any atom is -0.393 e. The van der Waals surface area contributed by atoms with Crippen molar-refractivity contribution in [3.05, 3.63) is 12.2 Å². The van der Waals surface area contributed by atoms with Crippen LogP contribution in [0.2, 0.25) is 0 Å². The molecule has 0 saturated heterocycles. The average molecular weight is 399 g/mol. The monoisotopic (exact) mass is 398 g/mol. The number of ketones is 2. The molecule has 0 rings (SSSR count). The minimum atomic E-state index is -2.38. The molecule has 0 saturated carbocycles. The van der Waals surface area contributed by atoms with Crippen LogP contribution >= 0.6 is 0 Å². The number of carbonyl (C=O) groups is 2. The van der Waals surface area contributed by atoms with Crippen LogP contribution in [0.3, 0.4) is 0 Å². The van der Waals surface area contributed by atoms with Crippen LogP contribution in [0.25, 0.3) is 0 Å². The summed E-state index contributed by atoms with van der Waals surface area (Å²) in [7, 11) is 0. The lowest BCUT2D eigenvalue weighted by atomic mass is 9.89. The van der Waals surface area contributed by atoms with Crippen molar-refractivity contribution in [2.45, 2.75) is 115 Å². The van der Waals surface area contributed by atoms with Crippen molar-refractivity contribution >= 4 is 11.6 Å². The van der Waals surface area contributed by atoms with Crippen molar-refractivity contribution in [3.63, 3.8) is 0 Å². The molecule has 0 radical (unpaired) electrons. The molecular formula is C23H42O5. The summed E-state index contributed by atoms with van der Waals surface area (Å²) in [4.78, 5) is 23.2. The largest absolute Gasteiger partial charge is 0.393 e. The summed E-state index contributed by atoms with van der Waals surface area (Å²) >= 11 is 0. The number of unbranched alkanes of at least 4 members (excludes halogenated alkanes) is 11. The highest BCUT2D eigenvalue weighted by atomic mass is 16.4. The number of aliphatic hydroxyl groups excluding tert-OH is 2. The molecule has 0 aliphatic heterocycles. The smallest absolute Gasteiger partial charge is 0.178 e. The van der Waals surface area contributed by atoms with E-state index >= 15 is 0 Å². The van der Waals surface area contributed by atoms with Gasteiger partial charge in [0.2, 0.25) is 0 Å². The topological polar surface area (TPSA) is 94.8 Å². The molecule has 28 heavy (non-hydrogen) atoms. The quantitative estimate of drug-likeness (QED) is 0.223. The maximum atomic E-state index is 11.9. The van der Waals surface area contributed by atoms with Crippen LogP contribution < -0.4 is 0 Å². The third kappa shape index (κ3) is 11.7. The summed E-state index contributed by atoms with van der Waals surface area (Å²) in [5.74, 6) is -1.40.